The first-order valence-electron chi connectivity index (χ1n) is 5.14. The molecule has 2 heterocycles. The Morgan fingerprint density at radius 1 is 1.47 bits per heavy atom. The largest absolute Gasteiger partial charge is 0.350 e. The average Bonchev–Trinajstić information content (AvgIpc) is 2.82. The molecular formula is C11H11BrN4O. The summed E-state index contributed by atoms with van der Waals surface area (Å²) in [7, 11) is 0. The van der Waals surface area contributed by atoms with Gasteiger partial charge in [-0.1, -0.05) is 6.07 Å². The number of halogens is 1. The molecule has 2 rings (SSSR count). The van der Waals surface area contributed by atoms with Crippen LogP contribution in [0.15, 0.2) is 35.3 Å². The number of carbonyl (C=O) groups is 1. The Morgan fingerprint density at radius 2 is 2.35 bits per heavy atom. The number of imidazole rings is 1. The van der Waals surface area contributed by atoms with E-state index in [2.05, 4.69) is 36.2 Å². The topological polar surface area (TPSA) is 70.7 Å². The minimum Gasteiger partial charge on any atom is -0.350 e. The van der Waals surface area contributed by atoms with Crippen LogP contribution in [0.2, 0.25) is 0 Å². The summed E-state index contributed by atoms with van der Waals surface area (Å²) < 4.78 is 0.652. The third-order valence-corrected chi connectivity index (χ3v) is 2.62. The molecule has 88 valence electrons. The predicted molar refractivity (Wildman–Crippen MR) is 66.6 cm³/mol. The smallest absolute Gasteiger partial charge is 0.269 e. The third kappa shape index (κ3) is 3.39. The molecule has 2 aromatic rings. The molecular weight excluding hydrogens is 284 g/mol. The molecule has 1 amide bonds. The quantitative estimate of drug-likeness (QED) is 0.841. The standard InChI is InChI=1S/C11H11BrN4O/c12-10-3-1-2-9(16-10)11(17)14-5-4-8-6-13-7-15-8/h1-3,6-7H,4-5H2,(H,13,15)(H,14,17). The van der Waals surface area contributed by atoms with E-state index in [-0.39, 0.29) is 5.91 Å². The van der Waals surface area contributed by atoms with Crippen molar-refractivity contribution in [3.63, 3.8) is 0 Å². The number of H-pyrrole nitrogens is 1. The number of amides is 1. The van der Waals surface area contributed by atoms with Gasteiger partial charge in [-0.25, -0.2) is 9.97 Å². The van der Waals surface area contributed by atoms with Crippen molar-refractivity contribution in [2.75, 3.05) is 6.54 Å². The predicted octanol–water partition coefficient (Wildman–Crippen LogP) is 1.54. The number of pyridine rings is 1. The fourth-order valence-corrected chi connectivity index (χ4v) is 1.70. The summed E-state index contributed by atoms with van der Waals surface area (Å²) in [5, 5.41) is 2.79. The van der Waals surface area contributed by atoms with Crippen LogP contribution in [-0.2, 0) is 6.42 Å². The van der Waals surface area contributed by atoms with Crippen molar-refractivity contribution in [2.45, 2.75) is 6.42 Å². The molecule has 0 aliphatic heterocycles. The Kier molecular flexibility index (Phi) is 3.87. The molecule has 0 atom stereocenters. The Bertz CT molecular complexity index is 498. The monoisotopic (exact) mass is 294 g/mol. The van der Waals surface area contributed by atoms with E-state index in [9.17, 15) is 4.79 Å². The zero-order valence-electron chi connectivity index (χ0n) is 8.98. The van der Waals surface area contributed by atoms with Gasteiger partial charge in [-0.2, -0.15) is 0 Å². The molecule has 2 aromatic heterocycles. The lowest BCUT2D eigenvalue weighted by Crippen LogP contribution is -2.26. The van der Waals surface area contributed by atoms with E-state index in [1.165, 1.54) is 0 Å². The summed E-state index contributed by atoms with van der Waals surface area (Å²) in [6.07, 6.45) is 4.08. The third-order valence-electron chi connectivity index (χ3n) is 2.18. The molecule has 0 aliphatic carbocycles. The van der Waals surface area contributed by atoms with Crippen molar-refractivity contribution >= 4 is 21.8 Å². The minimum absolute atomic E-state index is 0.175. The summed E-state index contributed by atoms with van der Waals surface area (Å²) in [5.74, 6) is -0.175. The molecule has 0 aromatic carbocycles. The van der Waals surface area contributed by atoms with Crippen molar-refractivity contribution in [2.24, 2.45) is 0 Å². The summed E-state index contributed by atoms with van der Waals surface area (Å²) in [6, 6.07) is 5.23. The first-order valence-corrected chi connectivity index (χ1v) is 5.93. The lowest BCUT2D eigenvalue weighted by atomic mass is 10.3. The molecule has 2 N–H and O–H groups in total. The van der Waals surface area contributed by atoms with Crippen molar-refractivity contribution in [1.29, 1.82) is 0 Å². The average molecular weight is 295 g/mol. The highest BCUT2D eigenvalue weighted by atomic mass is 79.9. The second-order valence-electron chi connectivity index (χ2n) is 3.43. The summed E-state index contributed by atoms with van der Waals surface area (Å²) in [5.41, 5.74) is 1.40. The van der Waals surface area contributed by atoms with Crippen LogP contribution in [0, 0.1) is 0 Å². The van der Waals surface area contributed by atoms with E-state index in [0.29, 0.717) is 16.8 Å². The Hall–Kier alpha value is -1.69. The fraction of sp³-hybridized carbons (Fsp3) is 0.182. The number of nitrogens with one attached hydrogen (secondary N) is 2. The highest BCUT2D eigenvalue weighted by Gasteiger charge is 2.06. The molecule has 6 heteroatoms. The Morgan fingerprint density at radius 3 is 3.06 bits per heavy atom. The number of rotatable bonds is 4. The summed E-state index contributed by atoms with van der Waals surface area (Å²) >= 11 is 3.23. The van der Waals surface area contributed by atoms with Crippen LogP contribution in [0.25, 0.3) is 0 Å². The van der Waals surface area contributed by atoms with Gasteiger partial charge in [0.25, 0.3) is 5.91 Å². The van der Waals surface area contributed by atoms with E-state index >= 15 is 0 Å². The zero-order chi connectivity index (χ0) is 12.1. The second-order valence-corrected chi connectivity index (χ2v) is 4.24. The van der Waals surface area contributed by atoms with Gasteiger partial charge in [0.2, 0.25) is 0 Å². The van der Waals surface area contributed by atoms with Gasteiger partial charge >= 0.3 is 0 Å². The molecule has 0 radical (unpaired) electrons. The van der Waals surface area contributed by atoms with Gasteiger partial charge in [-0.3, -0.25) is 4.79 Å². The van der Waals surface area contributed by atoms with E-state index in [0.717, 1.165) is 12.1 Å². The fourth-order valence-electron chi connectivity index (χ4n) is 1.36. The van der Waals surface area contributed by atoms with Crippen LogP contribution in [0.1, 0.15) is 16.2 Å². The maximum Gasteiger partial charge on any atom is 0.269 e. The number of hydrogen-bond donors (Lipinski definition) is 2. The molecule has 17 heavy (non-hydrogen) atoms. The molecule has 0 bridgehead atoms. The first kappa shape index (κ1) is 11.8. The highest BCUT2D eigenvalue weighted by Crippen LogP contribution is 2.05. The Balaban J connectivity index is 1.85. The maximum absolute atomic E-state index is 11.7. The van der Waals surface area contributed by atoms with Gasteiger partial charge in [0, 0.05) is 24.9 Å². The molecule has 5 nitrogen and oxygen atoms in total. The SMILES string of the molecule is O=C(NCCc1cnc[nH]1)c1cccc(Br)n1. The zero-order valence-corrected chi connectivity index (χ0v) is 10.6. The van der Waals surface area contributed by atoms with E-state index < -0.39 is 0 Å². The molecule has 0 spiro atoms. The van der Waals surface area contributed by atoms with Gasteiger partial charge in [-0.15, -0.1) is 0 Å². The number of nitrogens with zero attached hydrogens (tertiary/aromatic N) is 2. The van der Waals surface area contributed by atoms with Crippen molar-refractivity contribution in [1.82, 2.24) is 20.3 Å². The molecule has 0 saturated carbocycles. The van der Waals surface area contributed by atoms with E-state index in [4.69, 9.17) is 0 Å². The van der Waals surface area contributed by atoms with E-state index in [1.807, 2.05) is 0 Å². The Labute approximate surface area is 107 Å². The molecule has 0 unspecified atom stereocenters. The van der Waals surface area contributed by atoms with Crippen molar-refractivity contribution in [3.8, 4) is 0 Å². The van der Waals surface area contributed by atoms with E-state index in [1.54, 1.807) is 30.7 Å². The van der Waals surface area contributed by atoms with Crippen LogP contribution < -0.4 is 5.32 Å². The normalized spacial score (nSPS) is 10.2. The number of carbonyl (C=O) groups excluding carboxylic acids is 1. The highest BCUT2D eigenvalue weighted by molar-refractivity contribution is 9.10. The van der Waals surface area contributed by atoms with Crippen LogP contribution in [0.3, 0.4) is 0 Å². The number of aromatic amines is 1. The summed E-state index contributed by atoms with van der Waals surface area (Å²) in [4.78, 5) is 22.7. The van der Waals surface area contributed by atoms with Gasteiger partial charge in [-0.05, 0) is 28.1 Å². The molecule has 0 aliphatic rings. The van der Waals surface area contributed by atoms with Crippen LogP contribution >= 0.6 is 15.9 Å². The van der Waals surface area contributed by atoms with Gasteiger partial charge in [0.1, 0.15) is 10.3 Å². The van der Waals surface area contributed by atoms with Gasteiger partial charge in [0.05, 0.1) is 6.33 Å². The number of hydrogen-bond acceptors (Lipinski definition) is 3. The van der Waals surface area contributed by atoms with Crippen LogP contribution in [0.5, 0.6) is 0 Å². The van der Waals surface area contributed by atoms with Gasteiger partial charge in [0.15, 0.2) is 0 Å². The van der Waals surface area contributed by atoms with Gasteiger partial charge < -0.3 is 10.3 Å². The maximum atomic E-state index is 11.7. The van der Waals surface area contributed by atoms with Crippen molar-refractivity contribution in [3.05, 3.63) is 46.7 Å². The first-order chi connectivity index (χ1) is 8.25. The van der Waals surface area contributed by atoms with Crippen LogP contribution in [-0.4, -0.2) is 27.4 Å². The van der Waals surface area contributed by atoms with Crippen LogP contribution in [0.4, 0.5) is 0 Å². The minimum atomic E-state index is -0.175. The number of aromatic nitrogens is 3. The van der Waals surface area contributed by atoms with Crippen molar-refractivity contribution < 1.29 is 4.79 Å². The second kappa shape index (κ2) is 5.58. The summed E-state index contributed by atoms with van der Waals surface area (Å²) in [6.45, 7) is 0.551. The molecule has 0 fully saturated rings. The lowest BCUT2D eigenvalue weighted by Gasteiger charge is -2.03. The molecule has 0 saturated heterocycles. The lowest BCUT2D eigenvalue weighted by molar-refractivity contribution is 0.0949.